The number of likely N-dealkylation sites (N-methyl/N-ethyl adjacent to an activating group) is 1. The van der Waals surface area contributed by atoms with E-state index in [-0.39, 0.29) is 11.9 Å². The second kappa shape index (κ2) is 6.40. The van der Waals surface area contributed by atoms with Gasteiger partial charge >= 0.3 is 0 Å². The molecule has 4 nitrogen and oxygen atoms in total. The van der Waals surface area contributed by atoms with Crippen LogP contribution in [0.25, 0.3) is 0 Å². The van der Waals surface area contributed by atoms with Crippen LogP contribution in [0.2, 0.25) is 0 Å². The molecule has 0 aliphatic carbocycles. The highest BCUT2D eigenvalue weighted by molar-refractivity contribution is 5.80. The molecule has 1 aromatic rings. The van der Waals surface area contributed by atoms with Gasteiger partial charge in [-0.2, -0.15) is 0 Å². The Labute approximate surface area is 110 Å². The molecule has 100 valence electrons. The molecule has 1 atom stereocenters. The smallest absolute Gasteiger partial charge is 0.238 e. The molecule has 0 saturated heterocycles. The molecule has 0 radical (unpaired) electrons. The number of hydrogen-bond donors (Lipinski definition) is 1. The van der Waals surface area contributed by atoms with E-state index in [9.17, 15) is 4.79 Å². The Morgan fingerprint density at radius 2 is 1.72 bits per heavy atom. The summed E-state index contributed by atoms with van der Waals surface area (Å²) in [6.45, 7) is 2.59. The monoisotopic (exact) mass is 249 g/mol. The fourth-order valence-electron chi connectivity index (χ4n) is 1.66. The van der Waals surface area contributed by atoms with Crippen molar-refractivity contribution in [2.24, 2.45) is 0 Å². The zero-order chi connectivity index (χ0) is 13.7. The highest BCUT2D eigenvalue weighted by atomic mass is 16.2. The third kappa shape index (κ3) is 4.04. The lowest BCUT2D eigenvalue weighted by molar-refractivity contribution is -0.130. The van der Waals surface area contributed by atoms with Crippen LogP contribution in [0.1, 0.15) is 12.5 Å². The quantitative estimate of drug-likeness (QED) is 0.855. The summed E-state index contributed by atoms with van der Waals surface area (Å²) in [7, 11) is 7.58. The molecule has 1 amide bonds. The second-order valence-electron chi connectivity index (χ2n) is 4.90. The summed E-state index contributed by atoms with van der Waals surface area (Å²) in [5.74, 6) is 0.0971. The van der Waals surface area contributed by atoms with Gasteiger partial charge in [0.15, 0.2) is 0 Å². The first-order valence-corrected chi connectivity index (χ1v) is 6.12. The average molecular weight is 249 g/mol. The summed E-state index contributed by atoms with van der Waals surface area (Å²) < 4.78 is 0. The van der Waals surface area contributed by atoms with Crippen molar-refractivity contribution < 1.29 is 4.79 Å². The number of carbonyl (C=O) groups excluding carboxylic acids is 1. The van der Waals surface area contributed by atoms with Gasteiger partial charge in [0.1, 0.15) is 0 Å². The van der Waals surface area contributed by atoms with Gasteiger partial charge in [-0.1, -0.05) is 12.1 Å². The van der Waals surface area contributed by atoms with Gasteiger partial charge in [-0.25, -0.2) is 0 Å². The Kier molecular flexibility index (Phi) is 5.16. The van der Waals surface area contributed by atoms with Crippen LogP contribution in [0.4, 0.5) is 5.69 Å². The minimum Gasteiger partial charge on any atom is -0.378 e. The Morgan fingerprint density at radius 3 is 2.17 bits per heavy atom. The molecule has 1 N–H and O–H groups in total. The Bertz CT molecular complexity index is 385. The predicted octanol–water partition coefficient (Wildman–Crippen LogP) is 1.32. The fraction of sp³-hybridized carbons (Fsp3) is 0.500. The highest BCUT2D eigenvalue weighted by Gasteiger charge is 2.13. The van der Waals surface area contributed by atoms with Crippen LogP contribution in [0.15, 0.2) is 24.3 Å². The Balaban J connectivity index is 2.51. The molecule has 0 aliphatic heterocycles. The zero-order valence-electron chi connectivity index (χ0n) is 11.9. The van der Waals surface area contributed by atoms with E-state index < -0.39 is 0 Å². The number of benzene rings is 1. The van der Waals surface area contributed by atoms with Gasteiger partial charge in [-0.3, -0.25) is 4.79 Å². The molecule has 4 heteroatoms. The van der Waals surface area contributed by atoms with Crippen LogP contribution in [0, 0.1) is 0 Å². The number of rotatable bonds is 5. The molecule has 0 fully saturated rings. The minimum atomic E-state index is -0.159. The van der Waals surface area contributed by atoms with Gasteiger partial charge in [0.2, 0.25) is 5.91 Å². The summed E-state index contributed by atoms with van der Waals surface area (Å²) >= 11 is 0. The second-order valence-corrected chi connectivity index (χ2v) is 4.90. The molecule has 0 bridgehead atoms. The van der Waals surface area contributed by atoms with Gasteiger partial charge in [0.25, 0.3) is 0 Å². The van der Waals surface area contributed by atoms with E-state index in [0.29, 0.717) is 6.54 Å². The number of nitrogens with one attached hydrogen (secondary N) is 1. The lowest BCUT2D eigenvalue weighted by atomic mass is 10.2. The largest absolute Gasteiger partial charge is 0.378 e. The van der Waals surface area contributed by atoms with Crippen LogP contribution in [-0.4, -0.2) is 45.0 Å². The fourth-order valence-corrected chi connectivity index (χ4v) is 1.66. The number of carbonyl (C=O) groups is 1. The molecule has 1 rings (SSSR count). The molecule has 1 aromatic carbocycles. The van der Waals surface area contributed by atoms with Crippen LogP contribution >= 0.6 is 0 Å². The van der Waals surface area contributed by atoms with E-state index >= 15 is 0 Å². The van der Waals surface area contributed by atoms with Gasteiger partial charge in [0.05, 0.1) is 6.04 Å². The topological polar surface area (TPSA) is 35.6 Å². The Hall–Kier alpha value is -1.55. The van der Waals surface area contributed by atoms with Gasteiger partial charge in [-0.15, -0.1) is 0 Å². The molecule has 1 unspecified atom stereocenters. The molecular weight excluding hydrogens is 226 g/mol. The summed E-state index contributed by atoms with van der Waals surface area (Å²) in [6.07, 6.45) is 0. The molecular formula is C14H23N3O. The summed E-state index contributed by atoms with van der Waals surface area (Å²) in [5.41, 5.74) is 2.36. The third-order valence-corrected chi connectivity index (χ3v) is 2.88. The normalized spacial score (nSPS) is 12.1. The van der Waals surface area contributed by atoms with Crippen LogP contribution in [0.3, 0.4) is 0 Å². The number of anilines is 1. The summed E-state index contributed by atoms with van der Waals surface area (Å²) in [5, 5.41) is 3.22. The van der Waals surface area contributed by atoms with Gasteiger partial charge in [-0.05, 0) is 24.6 Å². The maximum absolute atomic E-state index is 11.7. The molecule has 18 heavy (non-hydrogen) atoms. The minimum absolute atomic E-state index is 0.0971. The Morgan fingerprint density at radius 1 is 1.17 bits per heavy atom. The molecule has 0 spiro atoms. The molecule has 0 aromatic heterocycles. The number of amides is 1. The standard InChI is InChI=1S/C14H23N3O/c1-11(14(18)17(4)5)15-10-12-6-8-13(9-7-12)16(2)3/h6-9,11,15H,10H2,1-5H3. The summed E-state index contributed by atoms with van der Waals surface area (Å²) in [6, 6.07) is 8.16. The van der Waals surface area contributed by atoms with Crippen molar-refractivity contribution in [3.8, 4) is 0 Å². The molecule has 0 heterocycles. The third-order valence-electron chi connectivity index (χ3n) is 2.88. The molecule has 0 saturated carbocycles. The van der Waals surface area contributed by atoms with Crippen molar-refractivity contribution in [3.05, 3.63) is 29.8 Å². The molecule has 0 aliphatic rings. The van der Waals surface area contributed by atoms with Crippen molar-refractivity contribution in [2.75, 3.05) is 33.1 Å². The van der Waals surface area contributed by atoms with Gasteiger partial charge < -0.3 is 15.1 Å². The highest BCUT2D eigenvalue weighted by Crippen LogP contribution is 2.12. The first-order valence-electron chi connectivity index (χ1n) is 6.12. The van der Waals surface area contributed by atoms with Crippen molar-refractivity contribution in [1.82, 2.24) is 10.2 Å². The van der Waals surface area contributed by atoms with E-state index in [4.69, 9.17) is 0 Å². The van der Waals surface area contributed by atoms with Crippen LogP contribution < -0.4 is 10.2 Å². The van der Waals surface area contributed by atoms with Crippen molar-refractivity contribution in [2.45, 2.75) is 19.5 Å². The van der Waals surface area contributed by atoms with Crippen molar-refractivity contribution in [1.29, 1.82) is 0 Å². The maximum atomic E-state index is 11.7. The van der Waals surface area contributed by atoms with Crippen molar-refractivity contribution in [3.63, 3.8) is 0 Å². The number of hydrogen-bond acceptors (Lipinski definition) is 3. The first-order chi connectivity index (χ1) is 8.41. The van der Waals surface area contributed by atoms with E-state index in [0.717, 1.165) is 0 Å². The van der Waals surface area contributed by atoms with Crippen molar-refractivity contribution >= 4 is 11.6 Å². The van der Waals surface area contributed by atoms with E-state index in [1.165, 1.54) is 11.3 Å². The van der Waals surface area contributed by atoms with Gasteiger partial charge in [0, 0.05) is 40.4 Å². The van der Waals surface area contributed by atoms with Crippen LogP contribution in [0.5, 0.6) is 0 Å². The lowest BCUT2D eigenvalue weighted by Crippen LogP contribution is -2.41. The SMILES string of the molecule is CC(NCc1ccc(N(C)C)cc1)C(=O)N(C)C. The van der Waals surface area contributed by atoms with Crippen LogP contribution in [-0.2, 0) is 11.3 Å². The first kappa shape index (κ1) is 14.5. The zero-order valence-corrected chi connectivity index (χ0v) is 11.9. The average Bonchev–Trinajstić information content (AvgIpc) is 2.35. The lowest BCUT2D eigenvalue weighted by Gasteiger charge is -2.18. The maximum Gasteiger partial charge on any atom is 0.238 e. The predicted molar refractivity (Wildman–Crippen MR) is 75.8 cm³/mol. The van der Waals surface area contributed by atoms with E-state index in [1.54, 1.807) is 19.0 Å². The van der Waals surface area contributed by atoms with E-state index in [2.05, 4.69) is 34.5 Å². The van der Waals surface area contributed by atoms with E-state index in [1.807, 2.05) is 21.0 Å². The number of nitrogens with zero attached hydrogens (tertiary/aromatic N) is 2. The summed E-state index contributed by atoms with van der Waals surface area (Å²) in [4.78, 5) is 15.3.